The summed E-state index contributed by atoms with van der Waals surface area (Å²) in [5, 5.41) is 0.588. The van der Waals surface area contributed by atoms with Gasteiger partial charge in [-0.15, -0.1) is 0 Å². The van der Waals surface area contributed by atoms with Gasteiger partial charge in [0.15, 0.2) is 0 Å². The van der Waals surface area contributed by atoms with Crippen molar-refractivity contribution in [2.24, 2.45) is 5.92 Å². The van der Waals surface area contributed by atoms with Crippen LogP contribution in [0.1, 0.15) is 39.5 Å². The van der Waals surface area contributed by atoms with Gasteiger partial charge in [-0.2, -0.15) is 0 Å². The topological polar surface area (TPSA) is 46.3 Å². The molecule has 1 aromatic rings. The maximum atomic E-state index is 12.5. The predicted molar refractivity (Wildman–Crippen MR) is 82.6 cm³/mol. The zero-order valence-corrected chi connectivity index (χ0v) is 12.7. The summed E-state index contributed by atoms with van der Waals surface area (Å²) in [5.41, 5.74) is 7.18. The average Bonchev–Trinajstić information content (AvgIpc) is 2.41. The third kappa shape index (κ3) is 4.13. The SMILES string of the molecule is CCCCC(CC)C(=O)N(C)c1cc(Cl)ccc1N. The predicted octanol–water partition coefficient (Wildman–Crippen LogP) is 4.10. The van der Waals surface area contributed by atoms with E-state index in [1.807, 2.05) is 6.92 Å². The number of nitrogens with zero attached hydrogens (tertiary/aromatic N) is 1. The van der Waals surface area contributed by atoms with Crippen molar-refractivity contribution in [2.75, 3.05) is 17.7 Å². The Morgan fingerprint density at radius 1 is 1.42 bits per heavy atom. The molecule has 106 valence electrons. The largest absolute Gasteiger partial charge is 0.397 e. The van der Waals surface area contributed by atoms with Gasteiger partial charge >= 0.3 is 0 Å². The molecule has 1 unspecified atom stereocenters. The molecule has 0 aliphatic heterocycles. The van der Waals surface area contributed by atoms with Crippen molar-refractivity contribution in [3.05, 3.63) is 23.2 Å². The Labute approximate surface area is 120 Å². The molecular formula is C15H23ClN2O. The highest BCUT2D eigenvalue weighted by Crippen LogP contribution is 2.28. The number of unbranched alkanes of at least 4 members (excludes halogenated alkanes) is 1. The number of halogens is 1. The van der Waals surface area contributed by atoms with Crippen LogP contribution in [0.15, 0.2) is 18.2 Å². The van der Waals surface area contributed by atoms with Crippen molar-refractivity contribution < 1.29 is 4.79 Å². The highest BCUT2D eigenvalue weighted by Gasteiger charge is 2.22. The molecule has 0 fully saturated rings. The number of carbonyl (C=O) groups is 1. The summed E-state index contributed by atoms with van der Waals surface area (Å²) in [7, 11) is 1.76. The third-order valence-electron chi connectivity index (χ3n) is 3.43. The summed E-state index contributed by atoms with van der Waals surface area (Å²) in [4.78, 5) is 14.1. The number of hydrogen-bond donors (Lipinski definition) is 1. The van der Waals surface area contributed by atoms with E-state index in [1.54, 1.807) is 30.1 Å². The first kappa shape index (κ1) is 15.8. The van der Waals surface area contributed by atoms with Crippen LogP contribution in [0.4, 0.5) is 11.4 Å². The number of hydrogen-bond acceptors (Lipinski definition) is 2. The maximum Gasteiger partial charge on any atom is 0.229 e. The van der Waals surface area contributed by atoms with Gasteiger partial charge in [0.1, 0.15) is 0 Å². The van der Waals surface area contributed by atoms with Gasteiger partial charge in [0.25, 0.3) is 0 Å². The fourth-order valence-corrected chi connectivity index (χ4v) is 2.32. The second-order valence-electron chi connectivity index (χ2n) is 4.85. The zero-order chi connectivity index (χ0) is 14.4. The molecule has 0 saturated heterocycles. The highest BCUT2D eigenvalue weighted by molar-refractivity contribution is 6.31. The second kappa shape index (κ2) is 7.39. The Bertz CT molecular complexity index is 434. The Kier molecular flexibility index (Phi) is 6.16. The number of nitrogens with two attached hydrogens (primary N) is 1. The summed E-state index contributed by atoms with van der Waals surface area (Å²) in [6.07, 6.45) is 3.95. The van der Waals surface area contributed by atoms with Gasteiger partial charge in [-0.25, -0.2) is 0 Å². The van der Waals surface area contributed by atoms with Crippen LogP contribution in [0.5, 0.6) is 0 Å². The van der Waals surface area contributed by atoms with Crippen LogP contribution in [0.3, 0.4) is 0 Å². The summed E-state index contributed by atoms with van der Waals surface area (Å²) in [6.45, 7) is 4.18. The number of benzene rings is 1. The van der Waals surface area contributed by atoms with Crippen molar-refractivity contribution in [1.82, 2.24) is 0 Å². The first-order chi connectivity index (χ1) is 9.01. The van der Waals surface area contributed by atoms with Crippen molar-refractivity contribution in [1.29, 1.82) is 0 Å². The van der Waals surface area contributed by atoms with Gasteiger partial charge in [-0.3, -0.25) is 4.79 Å². The molecule has 0 aliphatic rings. The van der Waals surface area contributed by atoms with Gasteiger partial charge in [0.05, 0.1) is 11.4 Å². The lowest BCUT2D eigenvalue weighted by Crippen LogP contribution is -2.33. The van der Waals surface area contributed by atoms with Gasteiger partial charge < -0.3 is 10.6 Å². The zero-order valence-electron chi connectivity index (χ0n) is 11.9. The van der Waals surface area contributed by atoms with Gasteiger partial charge in [-0.1, -0.05) is 38.3 Å². The molecule has 1 atom stereocenters. The lowest BCUT2D eigenvalue weighted by molar-refractivity contribution is -0.122. The molecule has 1 amide bonds. The van der Waals surface area contributed by atoms with E-state index in [4.69, 9.17) is 17.3 Å². The van der Waals surface area contributed by atoms with Crippen LogP contribution in [-0.4, -0.2) is 13.0 Å². The van der Waals surface area contributed by atoms with E-state index in [1.165, 1.54) is 0 Å². The van der Waals surface area contributed by atoms with E-state index in [2.05, 4.69) is 6.92 Å². The monoisotopic (exact) mass is 282 g/mol. The van der Waals surface area contributed by atoms with Crippen LogP contribution in [-0.2, 0) is 4.79 Å². The number of carbonyl (C=O) groups excluding carboxylic acids is 1. The minimum atomic E-state index is 0.0586. The molecular weight excluding hydrogens is 260 g/mol. The molecule has 0 radical (unpaired) electrons. The standard InChI is InChI=1S/C15H23ClN2O/c1-4-6-7-11(5-2)15(19)18(3)14-10-12(16)8-9-13(14)17/h8-11H,4-7,17H2,1-3H3. The molecule has 0 bridgehead atoms. The first-order valence-electron chi connectivity index (χ1n) is 6.83. The Hall–Kier alpha value is -1.22. The molecule has 4 heteroatoms. The third-order valence-corrected chi connectivity index (χ3v) is 3.67. The van der Waals surface area contributed by atoms with E-state index in [0.717, 1.165) is 25.7 Å². The summed E-state index contributed by atoms with van der Waals surface area (Å²) >= 11 is 5.97. The van der Waals surface area contributed by atoms with E-state index in [9.17, 15) is 4.79 Å². The Morgan fingerprint density at radius 2 is 2.11 bits per heavy atom. The van der Waals surface area contributed by atoms with Crippen molar-refractivity contribution in [3.8, 4) is 0 Å². The molecule has 0 heterocycles. The minimum absolute atomic E-state index is 0.0586. The maximum absolute atomic E-state index is 12.5. The molecule has 0 spiro atoms. The minimum Gasteiger partial charge on any atom is -0.397 e. The van der Waals surface area contributed by atoms with Crippen LogP contribution in [0.2, 0.25) is 5.02 Å². The highest BCUT2D eigenvalue weighted by atomic mass is 35.5. The Balaban J connectivity index is 2.88. The van der Waals surface area contributed by atoms with E-state index in [-0.39, 0.29) is 11.8 Å². The smallest absolute Gasteiger partial charge is 0.229 e. The number of anilines is 2. The molecule has 1 aromatic carbocycles. The van der Waals surface area contributed by atoms with Crippen LogP contribution < -0.4 is 10.6 Å². The van der Waals surface area contributed by atoms with Gasteiger partial charge in [0.2, 0.25) is 5.91 Å². The molecule has 0 saturated carbocycles. The number of rotatable bonds is 6. The van der Waals surface area contributed by atoms with E-state index >= 15 is 0 Å². The molecule has 0 aromatic heterocycles. The average molecular weight is 283 g/mol. The van der Waals surface area contributed by atoms with E-state index in [0.29, 0.717) is 16.4 Å². The number of amides is 1. The van der Waals surface area contributed by atoms with Gasteiger partial charge in [0, 0.05) is 18.0 Å². The molecule has 3 nitrogen and oxygen atoms in total. The molecule has 1 rings (SSSR count). The van der Waals surface area contributed by atoms with Crippen molar-refractivity contribution >= 4 is 28.9 Å². The summed E-state index contributed by atoms with van der Waals surface area (Å²) < 4.78 is 0. The molecule has 0 aliphatic carbocycles. The summed E-state index contributed by atoms with van der Waals surface area (Å²) in [6, 6.07) is 5.20. The van der Waals surface area contributed by atoms with Crippen LogP contribution in [0, 0.1) is 5.92 Å². The lowest BCUT2D eigenvalue weighted by atomic mass is 9.97. The van der Waals surface area contributed by atoms with Crippen molar-refractivity contribution in [2.45, 2.75) is 39.5 Å². The van der Waals surface area contributed by atoms with E-state index < -0.39 is 0 Å². The Morgan fingerprint density at radius 3 is 2.68 bits per heavy atom. The fourth-order valence-electron chi connectivity index (χ4n) is 2.15. The normalized spacial score (nSPS) is 12.2. The fraction of sp³-hybridized carbons (Fsp3) is 0.533. The van der Waals surface area contributed by atoms with Crippen LogP contribution in [0.25, 0.3) is 0 Å². The lowest BCUT2D eigenvalue weighted by Gasteiger charge is -2.24. The second-order valence-corrected chi connectivity index (χ2v) is 5.28. The van der Waals surface area contributed by atoms with Gasteiger partial charge in [-0.05, 0) is 31.0 Å². The molecule has 19 heavy (non-hydrogen) atoms. The summed E-state index contributed by atoms with van der Waals surface area (Å²) in [5.74, 6) is 0.174. The quantitative estimate of drug-likeness (QED) is 0.799. The van der Waals surface area contributed by atoms with Crippen molar-refractivity contribution in [3.63, 3.8) is 0 Å². The van der Waals surface area contributed by atoms with Crippen LogP contribution >= 0.6 is 11.6 Å². The number of nitrogen functional groups attached to an aromatic ring is 1. The molecule has 2 N–H and O–H groups in total. The first-order valence-corrected chi connectivity index (χ1v) is 7.21.